The van der Waals surface area contributed by atoms with Crippen LogP contribution in [0.2, 0.25) is 0 Å². The molecule has 2 rings (SSSR count). The van der Waals surface area contributed by atoms with Crippen molar-refractivity contribution in [1.82, 2.24) is 4.98 Å². The Bertz CT molecular complexity index is 488. The van der Waals surface area contributed by atoms with Gasteiger partial charge in [0.05, 0.1) is 5.69 Å². The smallest absolute Gasteiger partial charge is 0.221 e. The lowest BCUT2D eigenvalue weighted by Gasteiger charge is -1.99. The lowest BCUT2D eigenvalue weighted by Crippen LogP contribution is -2.04. The van der Waals surface area contributed by atoms with E-state index in [4.69, 9.17) is 0 Å². The highest BCUT2D eigenvalue weighted by atomic mass is 16.3. The molecule has 1 amide bonds. The number of benzene rings is 1. The Morgan fingerprint density at radius 2 is 2.29 bits per heavy atom. The van der Waals surface area contributed by atoms with Crippen LogP contribution >= 0.6 is 0 Å². The highest BCUT2D eigenvalue weighted by Crippen LogP contribution is 2.26. The number of aromatic nitrogens is 1. The zero-order chi connectivity index (χ0) is 10.1. The monoisotopic (exact) mass is 190 g/mol. The average Bonchev–Trinajstić information content (AvgIpc) is 2.47. The molecule has 0 aliphatic carbocycles. The Kier molecular flexibility index (Phi) is 1.89. The zero-order valence-corrected chi connectivity index (χ0v) is 7.66. The first kappa shape index (κ1) is 8.62. The molecule has 1 aromatic carbocycles. The Labute approximate surface area is 80.6 Å². The van der Waals surface area contributed by atoms with Gasteiger partial charge in [-0.25, -0.2) is 0 Å². The fourth-order valence-corrected chi connectivity index (χ4v) is 1.40. The first-order valence-electron chi connectivity index (χ1n) is 4.24. The molecule has 0 fully saturated rings. The minimum atomic E-state index is -0.130. The molecule has 1 heterocycles. The van der Waals surface area contributed by atoms with Crippen LogP contribution in [0.1, 0.15) is 6.92 Å². The van der Waals surface area contributed by atoms with Gasteiger partial charge >= 0.3 is 0 Å². The number of phenolic OH excluding ortho intramolecular Hbond substituents is 1. The summed E-state index contributed by atoms with van der Waals surface area (Å²) in [5.74, 6) is 0.0537. The van der Waals surface area contributed by atoms with Crippen molar-refractivity contribution < 1.29 is 9.90 Å². The van der Waals surface area contributed by atoms with Gasteiger partial charge in [0.1, 0.15) is 5.75 Å². The number of rotatable bonds is 1. The number of amides is 1. The second-order valence-corrected chi connectivity index (χ2v) is 3.11. The van der Waals surface area contributed by atoms with Gasteiger partial charge in [0, 0.05) is 24.0 Å². The molecule has 2 aromatic rings. The van der Waals surface area contributed by atoms with E-state index in [-0.39, 0.29) is 11.7 Å². The Hall–Kier alpha value is -1.97. The van der Waals surface area contributed by atoms with E-state index in [1.165, 1.54) is 6.92 Å². The van der Waals surface area contributed by atoms with Gasteiger partial charge in [-0.2, -0.15) is 0 Å². The summed E-state index contributed by atoms with van der Waals surface area (Å²) in [5, 5.41) is 12.8. The van der Waals surface area contributed by atoms with E-state index in [0.29, 0.717) is 5.69 Å². The molecule has 0 atom stereocenters. The average molecular weight is 190 g/mol. The van der Waals surface area contributed by atoms with Crippen molar-refractivity contribution in [3.63, 3.8) is 0 Å². The molecule has 0 saturated carbocycles. The summed E-state index contributed by atoms with van der Waals surface area (Å²) < 4.78 is 0. The predicted molar refractivity (Wildman–Crippen MR) is 54.3 cm³/mol. The first-order valence-corrected chi connectivity index (χ1v) is 4.24. The van der Waals surface area contributed by atoms with Gasteiger partial charge < -0.3 is 15.4 Å². The van der Waals surface area contributed by atoms with E-state index in [2.05, 4.69) is 10.3 Å². The number of carbonyl (C=O) groups is 1. The maximum Gasteiger partial charge on any atom is 0.221 e. The Morgan fingerprint density at radius 1 is 1.50 bits per heavy atom. The third kappa shape index (κ3) is 1.42. The van der Waals surface area contributed by atoms with Gasteiger partial charge in [-0.05, 0) is 18.2 Å². The lowest BCUT2D eigenvalue weighted by atomic mass is 10.2. The van der Waals surface area contributed by atoms with E-state index < -0.39 is 0 Å². The Balaban J connectivity index is 2.55. The minimum absolute atomic E-state index is 0.130. The summed E-state index contributed by atoms with van der Waals surface area (Å²) in [6.45, 7) is 1.45. The minimum Gasteiger partial charge on any atom is -0.508 e. The fraction of sp³-hybridized carbons (Fsp3) is 0.100. The molecule has 0 saturated heterocycles. The predicted octanol–water partition coefficient (Wildman–Crippen LogP) is 1.83. The lowest BCUT2D eigenvalue weighted by molar-refractivity contribution is -0.114. The number of hydrogen-bond donors (Lipinski definition) is 3. The van der Waals surface area contributed by atoms with Crippen LogP contribution < -0.4 is 5.32 Å². The van der Waals surface area contributed by atoms with Crippen molar-refractivity contribution in [2.24, 2.45) is 0 Å². The van der Waals surface area contributed by atoms with Crippen molar-refractivity contribution in [2.45, 2.75) is 6.92 Å². The van der Waals surface area contributed by atoms with E-state index >= 15 is 0 Å². The van der Waals surface area contributed by atoms with Crippen LogP contribution in [-0.2, 0) is 4.79 Å². The molecule has 0 spiro atoms. The highest BCUT2D eigenvalue weighted by Gasteiger charge is 2.04. The van der Waals surface area contributed by atoms with Gasteiger partial charge in [0.2, 0.25) is 5.91 Å². The molecule has 1 aromatic heterocycles. The largest absolute Gasteiger partial charge is 0.508 e. The molecule has 4 nitrogen and oxygen atoms in total. The quantitative estimate of drug-likeness (QED) is 0.642. The van der Waals surface area contributed by atoms with Crippen LogP contribution in [0.25, 0.3) is 10.9 Å². The van der Waals surface area contributed by atoms with Crippen LogP contribution in [0.4, 0.5) is 5.69 Å². The van der Waals surface area contributed by atoms with Crippen molar-refractivity contribution in [3.8, 4) is 5.75 Å². The first-order chi connectivity index (χ1) is 6.66. The number of hydrogen-bond acceptors (Lipinski definition) is 2. The van der Waals surface area contributed by atoms with Crippen LogP contribution in [0.5, 0.6) is 5.75 Å². The second kappa shape index (κ2) is 3.06. The molecule has 0 aliphatic heterocycles. The summed E-state index contributed by atoms with van der Waals surface area (Å²) in [6, 6.07) is 4.96. The summed E-state index contributed by atoms with van der Waals surface area (Å²) in [6.07, 6.45) is 1.70. The molecule has 72 valence electrons. The zero-order valence-electron chi connectivity index (χ0n) is 7.66. The van der Waals surface area contributed by atoms with Crippen molar-refractivity contribution >= 4 is 22.5 Å². The summed E-state index contributed by atoms with van der Waals surface area (Å²) >= 11 is 0. The number of H-pyrrole nitrogens is 1. The van der Waals surface area contributed by atoms with Gasteiger partial charge in [-0.15, -0.1) is 0 Å². The number of aromatic amines is 1. The standard InChI is InChI=1S/C10H10N2O2/c1-6(13)12-10-5-11-9-3-2-7(14)4-8(9)10/h2-5,11,14H,1H3,(H,12,13). The van der Waals surface area contributed by atoms with Crippen LogP contribution in [0.15, 0.2) is 24.4 Å². The van der Waals surface area contributed by atoms with Crippen LogP contribution in [0, 0.1) is 0 Å². The molecule has 0 unspecified atom stereocenters. The topological polar surface area (TPSA) is 65.1 Å². The van der Waals surface area contributed by atoms with Crippen molar-refractivity contribution in [3.05, 3.63) is 24.4 Å². The number of phenols is 1. The van der Waals surface area contributed by atoms with Gasteiger partial charge in [-0.3, -0.25) is 4.79 Å². The molecule has 0 radical (unpaired) electrons. The summed E-state index contributed by atoms with van der Waals surface area (Å²) in [7, 11) is 0. The number of anilines is 1. The summed E-state index contributed by atoms with van der Waals surface area (Å²) in [5.41, 5.74) is 1.56. The third-order valence-corrected chi connectivity index (χ3v) is 1.98. The van der Waals surface area contributed by atoms with Crippen LogP contribution in [0.3, 0.4) is 0 Å². The number of carbonyl (C=O) groups excluding carboxylic acids is 1. The molecule has 0 aliphatic rings. The van der Waals surface area contributed by atoms with Gasteiger partial charge in [0.25, 0.3) is 0 Å². The van der Waals surface area contributed by atoms with Gasteiger partial charge in [-0.1, -0.05) is 0 Å². The highest BCUT2D eigenvalue weighted by molar-refractivity contribution is 6.01. The third-order valence-electron chi connectivity index (χ3n) is 1.98. The molecule has 4 heteroatoms. The van der Waals surface area contributed by atoms with E-state index in [1.54, 1.807) is 24.4 Å². The fourth-order valence-electron chi connectivity index (χ4n) is 1.40. The number of nitrogens with one attached hydrogen (secondary N) is 2. The van der Waals surface area contributed by atoms with Crippen molar-refractivity contribution in [1.29, 1.82) is 0 Å². The normalized spacial score (nSPS) is 10.4. The SMILES string of the molecule is CC(=O)Nc1c[nH]c2ccc(O)cc12. The molecular weight excluding hydrogens is 180 g/mol. The van der Waals surface area contributed by atoms with Gasteiger partial charge in [0.15, 0.2) is 0 Å². The van der Waals surface area contributed by atoms with E-state index in [0.717, 1.165) is 10.9 Å². The molecule has 14 heavy (non-hydrogen) atoms. The maximum atomic E-state index is 10.9. The molecule has 0 bridgehead atoms. The number of aromatic hydroxyl groups is 1. The Morgan fingerprint density at radius 3 is 3.00 bits per heavy atom. The molecular formula is C10H10N2O2. The number of fused-ring (bicyclic) bond motifs is 1. The van der Waals surface area contributed by atoms with E-state index in [9.17, 15) is 9.90 Å². The summed E-state index contributed by atoms with van der Waals surface area (Å²) in [4.78, 5) is 13.8. The maximum absolute atomic E-state index is 10.9. The van der Waals surface area contributed by atoms with E-state index in [1.807, 2.05) is 0 Å². The van der Waals surface area contributed by atoms with Crippen LogP contribution in [-0.4, -0.2) is 16.0 Å². The van der Waals surface area contributed by atoms with Crippen molar-refractivity contribution in [2.75, 3.05) is 5.32 Å². The second-order valence-electron chi connectivity index (χ2n) is 3.11. The molecule has 3 N–H and O–H groups in total.